The molecule has 1 amide bonds. The lowest BCUT2D eigenvalue weighted by Gasteiger charge is -2.17. The molecule has 1 aromatic carbocycles. The maximum atomic E-state index is 11.9. The molecule has 0 aliphatic heterocycles. The third-order valence-electron chi connectivity index (χ3n) is 2.45. The van der Waals surface area contributed by atoms with E-state index in [0.29, 0.717) is 5.56 Å². The van der Waals surface area contributed by atoms with Gasteiger partial charge in [-0.3, -0.25) is 4.79 Å². The van der Waals surface area contributed by atoms with Crippen LogP contribution in [0.2, 0.25) is 0 Å². The van der Waals surface area contributed by atoms with Gasteiger partial charge in [-0.05, 0) is 38.1 Å². The molecule has 0 saturated carbocycles. The predicted octanol–water partition coefficient (Wildman–Crippen LogP) is 1.30. The van der Waals surface area contributed by atoms with Gasteiger partial charge in [0.1, 0.15) is 0 Å². The van der Waals surface area contributed by atoms with Crippen molar-refractivity contribution in [3.8, 4) is 0 Å². The van der Waals surface area contributed by atoms with Crippen molar-refractivity contribution in [2.75, 3.05) is 13.1 Å². The number of benzene rings is 1. The Hall–Kier alpha value is -1.39. The van der Waals surface area contributed by atoms with E-state index in [0.717, 1.165) is 18.7 Å². The Morgan fingerprint density at radius 2 is 2.11 bits per heavy atom. The fraction of sp³-hybridized carbons (Fsp3) is 0.500. The van der Waals surface area contributed by atoms with Gasteiger partial charge in [0.2, 0.25) is 0 Å². The van der Waals surface area contributed by atoms with Gasteiger partial charge in [-0.1, -0.05) is 19.1 Å². The van der Waals surface area contributed by atoms with E-state index in [1.54, 1.807) is 19.9 Å². The first-order valence-electron chi connectivity index (χ1n) is 6.22. The van der Waals surface area contributed by atoms with E-state index in [-0.39, 0.29) is 12.5 Å². The third-order valence-corrected chi connectivity index (χ3v) is 2.45. The Balaban J connectivity index is 2.62. The van der Waals surface area contributed by atoms with Crippen LogP contribution in [0, 0.1) is 0 Å². The number of hydrogen-bond donors (Lipinski definition) is 3. The second-order valence-corrected chi connectivity index (χ2v) is 4.98. The van der Waals surface area contributed by atoms with Crippen LogP contribution < -0.4 is 10.6 Å². The first-order valence-corrected chi connectivity index (χ1v) is 6.22. The Morgan fingerprint density at radius 3 is 2.72 bits per heavy atom. The fourth-order valence-electron chi connectivity index (χ4n) is 1.49. The summed E-state index contributed by atoms with van der Waals surface area (Å²) in [5.74, 6) is -0.157. The van der Waals surface area contributed by atoms with E-state index in [1.165, 1.54) is 0 Å². The summed E-state index contributed by atoms with van der Waals surface area (Å²) in [6.07, 6.45) is 0. The minimum atomic E-state index is -0.892. The Bertz CT molecular complexity index is 397. The predicted molar refractivity (Wildman–Crippen MR) is 72.5 cm³/mol. The average Bonchev–Trinajstić information content (AvgIpc) is 2.33. The molecule has 0 saturated heterocycles. The molecule has 0 bridgehead atoms. The van der Waals surface area contributed by atoms with E-state index in [2.05, 4.69) is 10.6 Å². The van der Waals surface area contributed by atoms with Crippen LogP contribution in [0.4, 0.5) is 0 Å². The number of rotatable bonds is 6. The molecule has 18 heavy (non-hydrogen) atoms. The number of aliphatic hydroxyl groups is 1. The standard InChI is InChI=1S/C14H22N2O2/c1-4-15-9-11-6-5-7-12(8-11)13(17)16-10-14(2,3)18/h5-8,15,18H,4,9-10H2,1-3H3,(H,16,17). The summed E-state index contributed by atoms with van der Waals surface area (Å²) in [5, 5.41) is 15.5. The van der Waals surface area contributed by atoms with Crippen LogP contribution in [0.3, 0.4) is 0 Å². The topological polar surface area (TPSA) is 61.4 Å². The zero-order valence-electron chi connectivity index (χ0n) is 11.3. The highest BCUT2D eigenvalue weighted by Gasteiger charge is 2.14. The maximum absolute atomic E-state index is 11.9. The molecule has 4 heteroatoms. The van der Waals surface area contributed by atoms with Gasteiger partial charge in [-0.15, -0.1) is 0 Å². The first kappa shape index (κ1) is 14.7. The summed E-state index contributed by atoms with van der Waals surface area (Å²) in [6.45, 7) is 7.26. The molecular weight excluding hydrogens is 228 g/mol. The van der Waals surface area contributed by atoms with Gasteiger partial charge in [0.25, 0.3) is 5.91 Å². The van der Waals surface area contributed by atoms with Crippen LogP contribution in [-0.4, -0.2) is 29.7 Å². The van der Waals surface area contributed by atoms with Crippen molar-refractivity contribution < 1.29 is 9.90 Å². The molecule has 0 spiro atoms. The molecule has 0 atom stereocenters. The number of nitrogens with one attached hydrogen (secondary N) is 2. The van der Waals surface area contributed by atoms with Crippen molar-refractivity contribution in [3.05, 3.63) is 35.4 Å². The van der Waals surface area contributed by atoms with Gasteiger partial charge < -0.3 is 15.7 Å². The van der Waals surface area contributed by atoms with Gasteiger partial charge in [-0.2, -0.15) is 0 Å². The van der Waals surface area contributed by atoms with E-state index < -0.39 is 5.60 Å². The average molecular weight is 250 g/mol. The molecule has 4 nitrogen and oxygen atoms in total. The largest absolute Gasteiger partial charge is 0.389 e. The van der Waals surface area contributed by atoms with Crippen LogP contribution in [0.25, 0.3) is 0 Å². The SMILES string of the molecule is CCNCc1cccc(C(=O)NCC(C)(C)O)c1. The molecule has 1 rings (SSSR count). The first-order chi connectivity index (χ1) is 8.42. The summed E-state index contributed by atoms with van der Waals surface area (Å²) < 4.78 is 0. The maximum Gasteiger partial charge on any atom is 0.251 e. The van der Waals surface area contributed by atoms with E-state index in [1.807, 2.05) is 25.1 Å². The van der Waals surface area contributed by atoms with Crippen LogP contribution >= 0.6 is 0 Å². The molecule has 0 aromatic heterocycles. The van der Waals surface area contributed by atoms with Gasteiger partial charge >= 0.3 is 0 Å². The van der Waals surface area contributed by atoms with Gasteiger partial charge in [0.15, 0.2) is 0 Å². The summed E-state index contributed by atoms with van der Waals surface area (Å²) in [5.41, 5.74) is 0.805. The summed E-state index contributed by atoms with van der Waals surface area (Å²) in [6, 6.07) is 7.48. The monoisotopic (exact) mass is 250 g/mol. The Kier molecular flexibility index (Phi) is 5.31. The third kappa shape index (κ3) is 5.29. The van der Waals surface area contributed by atoms with Crippen LogP contribution in [-0.2, 0) is 6.54 Å². The normalized spacial score (nSPS) is 11.3. The molecule has 0 fully saturated rings. The van der Waals surface area contributed by atoms with Crippen molar-refractivity contribution >= 4 is 5.91 Å². The molecular formula is C14H22N2O2. The van der Waals surface area contributed by atoms with E-state index in [4.69, 9.17) is 0 Å². The molecule has 0 unspecified atom stereocenters. The molecule has 0 aliphatic carbocycles. The van der Waals surface area contributed by atoms with E-state index >= 15 is 0 Å². The lowest BCUT2D eigenvalue weighted by atomic mass is 10.1. The quantitative estimate of drug-likeness (QED) is 0.713. The highest BCUT2D eigenvalue weighted by Crippen LogP contribution is 2.06. The smallest absolute Gasteiger partial charge is 0.251 e. The highest BCUT2D eigenvalue weighted by atomic mass is 16.3. The van der Waals surface area contributed by atoms with Crippen molar-refractivity contribution in [2.45, 2.75) is 32.9 Å². The van der Waals surface area contributed by atoms with Crippen LogP contribution in [0.15, 0.2) is 24.3 Å². The van der Waals surface area contributed by atoms with Gasteiger partial charge in [0, 0.05) is 18.7 Å². The lowest BCUT2D eigenvalue weighted by molar-refractivity contribution is 0.0694. The number of hydrogen-bond acceptors (Lipinski definition) is 3. The molecule has 1 aromatic rings. The van der Waals surface area contributed by atoms with E-state index in [9.17, 15) is 9.90 Å². The van der Waals surface area contributed by atoms with Crippen molar-refractivity contribution in [1.29, 1.82) is 0 Å². The molecule has 0 heterocycles. The lowest BCUT2D eigenvalue weighted by Crippen LogP contribution is -2.38. The fourth-order valence-corrected chi connectivity index (χ4v) is 1.49. The highest BCUT2D eigenvalue weighted by molar-refractivity contribution is 5.94. The zero-order valence-corrected chi connectivity index (χ0v) is 11.3. The summed E-state index contributed by atoms with van der Waals surface area (Å²) >= 11 is 0. The number of carbonyl (C=O) groups is 1. The van der Waals surface area contributed by atoms with Crippen molar-refractivity contribution in [2.24, 2.45) is 0 Å². The summed E-state index contributed by atoms with van der Waals surface area (Å²) in [4.78, 5) is 11.9. The van der Waals surface area contributed by atoms with Gasteiger partial charge in [0.05, 0.1) is 5.60 Å². The second kappa shape index (κ2) is 6.52. The minimum absolute atomic E-state index is 0.157. The minimum Gasteiger partial charge on any atom is -0.389 e. The number of carbonyl (C=O) groups excluding carboxylic acids is 1. The molecule has 3 N–H and O–H groups in total. The molecule has 0 radical (unpaired) electrons. The van der Waals surface area contributed by atoms with Crippen molar-refractivity contribution in [1.82, 2.24) is 10.6 Å². The Morgan fingerprint density at radius 1 is 1.39 bits per heavy atom. The van der Waals surface area contributed by atoms with Crippen LogP contribution in [0.5, 0.6) is 0 Å². The Labute approximate surface area is 108 Å². The van der Waals surface area contributed by atoms with Gasteiger partial charge in [-0.25, -0.2) is 0 Å². The zero-order chi connectivity index (χ0) is 13.6. The number of amides is 1. The summed E-state index contributed by atoms with van der Waals surface area (Å²) in [7, 11) is 0. The van der Waals surface area contributed by atoms with Crippen molar-refractivity contribution in [3.63, 3.8) is 0 Å². The molecule has 0 aliphatic rings. The van der Waals surface area contributed by atoms with Crippen LogP contribution in [0.1, 0.15) is 36.7 Å². The molecule has 100 valence electrons. The second-order valence-electron chi connectivity index (χ2n) is 4.98.